The van der Waals surface area contributed by atoms with Crippen LogP contribution in [0.2, 0.25) is 0 Å². The number of rotatable bonds is 2. The molecule has 0 aliphatic heterocycles. The van der Waals surface area contributed by atoms with E-state index >= 15 is 0 Å². The minimum Gasteiger partial charge on any atom is -0.469 e. The third-order valence-corrected chi connectivity index (χ3v) is 2.36. The van der Waals surface area contributed by atoms with E-state index in [9.17, 15) is 0 Å². The normalized spacial score (nSPS) is 11.0. The van der Waals surface area contributed by atoms with Crippen molar-refractivity contribution in [3.05, 3.63) is 42.5 Å². The largest absolute Gasteiger partial charge is 0.469 e. The first-order valence-electron chi connectivity index (χ1n) is 4.79. The molecular formula is C10H9N5O. The van der Waals surface area contributed by atoms with Crippen molar-refractivity contribution < 1.29 is 4.42 Å². The van der Waals surface area contributed by atoms with Crippen LogP contribution in [0.5, 0.6) is 0 Å². The third kappa shape index (κ3) is 1.31. The summed E-state index contributed by atoms with van der Waals surface area (Å²) in [5, 5.41) is 0. The highest BCUT2D eigenvalue weighted by molar-refractivity contribution is 5.73. The van der Waals surface area contributed by atoms with Crippen LogP contribution in [0.25, 0.3) is 11.2 Å². The number of imidazole rings is 1. The first-order valence-corrected chi connectivity index (χ1v) is 4.79. The van der Waals surface area contributed by atoms with E-state index in [2.05, 4.69) is 15.0 Å². The second-order valence-corrected chi connectivity index (χ2v) is 3.40. The number of fused-ring (bicyclic) bond motifs is 1. The highest BCUT2D eigenvalue weighted by atomic mass is 16.3. The molecule has 0 aliphatic carbocycles. The number of nitrogens with zero attached hydrogens (tertiary/aromatic N) is 4. The van der Waals surface area contributed by atoms with Crippen LogP contribution in [0.4, 0.5) is 0 Å². The summed E-state index contributed by atoms with van der Waals surface area (Å²) in [5.74, 6) is 6.50. The van der Waals surface area contributed by atoms with Crippen LogP contribution in [-0.4, -0.2) is 19.6 Å². The van der Waals surface area contributed by atoms with Gasteiger partial charge in [0.05, 0.1) is 18.4 Å². The fourth-order valence-electron chi connectivity index (χ4n) is 1.61. The van der Waals surface area contributed by atoms with Gasteiger partial charge in [-0.05, 0) is 12.1 Å². The van der Waals surface area contributed by atoms with Crippen molar-refractivity contribution in [1.82, 2.24) is 19.6 Å². The van der Waals surface area contributed by atoms with Gasteiger partial charge >= 0.3 is 0 Å². The Balaban J connectivity index is 2.10. The fourth-order valence-corrected chi connectivity index (χ4v) is 1.61. The van der Waals surface area contributed by atoms with Crippen LogP contribution in [0.3, 0.4) is 0 Å². The van der Waals surface area contributed by atoms with E-state index in [0.29, 0.717) is 17.6 Å². The van der Waals surface area contributed by atoms with E-state index < -0.39 is 0 Å². The zero-order chi connectivity index (χ0) is 11.0. The minimum absolute atomic E-state index is 0.586. The highest BCUT2D eigenvalue weighted by Gasteiger charge is 2.10. The van der Waals surface area contributed by atoms with Gasteiger partial charge in [-0.15, -0.1) is 0 Å². The number of hydrogen-bond acceptors (Lipinski definition) is 5. The summed E-state index contributed by atoms with van der Waals surface area (Å²) in [7, 11) is 0. The summed E-state index contributed by atoms with van der Waals surface area (Å²) < 4.78 is 6.64. The van der Waals surface area contributed by atoms with Crippen molar-refractivity contribution in [2.75, 3.05) is 5.84 Å². The van der Waals surface area contributed by atoms with Crippen molar-refractivity contribution in [2.45, 2.75) is 6.42 Å². The van der Waals surface area contributed by atoms with Crippen LogP contribution in [0.15, 0.2) is 35.5 Å². The van der Waals surface area contributed by atoms with Gasteiger partial charge in [-0.2, -0.15) is 0 Å². The third-order valence-electron chi connectivity index (χ3n) is 2.36. The van der Waals surface area contributed by atoms with Crippen molar-refractivity contribution in [2.24, 2.45) is 0 Å². The van der Waals surface area contributed by atoms with Crippen LogP contribution in [0.1, 0.15) is 11.5 Å². The molecule has 0 bridgehead atoms. The molecule has 0 spiro atoms. The molecular weight excluding hydrogens is 206 g/mol. The number of furan rings is 1. The summed E-state index contributed by atoms with van der Waals surface area (Å²) in [6, 6.07) is 3.74. The molecule has 0 saturated carbocycles. The van der Waals surface area contributed by atoms with Gasteiger partial charge in [0, 0.05) is 0 Å². The molecule has 0 saturated heterocycles. The molecule has 0 atom stereocenters. The predicted octanol–water partition coefficient (Wildman–Crippen LogP) is 0.724. The Morgan fingerprint density at radius 3 is 3.06 bits per heavy atom. The Hall–Kier alpha value is -2.37. The van der Waals surface area contributed by atoms with E-state index in [4.69, 9.17) is 10.3 Å². The van der Waals surface area contributed by atoms with Gasteiger partial charge in [0.1, 0.15) is 23.9 Å². The second kappa shape index (κ2) is 3.34. The lowest BCUT2D eigenvalue weighted by atomic mass is 10.2. The summed E-state index contributed by atoms with van der Waals surface area (Å²) >= 11 is 0. The number of nitrogen functional groups attached to an aromatic ring is 1. The van der Waals surface area contributed by atoms with E-state index in [-0.39, 0.29) is 0 Å². The van der Waals surface area contributed by atoms with Crippen LogP contribution < -0.4 is 5.84 Å². The number of hydrogen-bond donors (Lipinski definition) is 1. The zero-order valence-corrected chi connectivity index (χ0v) is 8.37. The van der Waals surface area contributed by atoms with Gasteiger partial charge in [-0.25, -0.2) is 19.6 Å². The summed E-state index contributed by atoms with van der Waals surface area (Å²) in [6.07, 6.45) is 5.22. The second-order valence-electron chi connectivity index (χ2n) is 3.40. The molecule has 0 unspecified atom stereocenters. The maximum atomic E-state index is 5.66. The molecule has 0 amide bonds. The molecule has 3 aromatic heterocycles. The molecule has 6 heteroatoms. The van der Waals surface area contributed by atoms with Gasteiger partial charge in [0.2, 0.25) is 0 Å². The maximum Gasteiger partial charge on any atom is 0.181 e. The molecule has 3 aromatic rings. The monoisotopic (exact) mass is 215 g/mol. The van der Waals surface area contributed by atoms with Gasteiger partial charge in [0.25, 0.3) is 0 Å². The van der Waals surface area contributed by atoms with Crippen LogP contribution >= 0.6 is 0 Å². The molecule has 2 N–H and O–H groups in total. The van der Waals surface area contributed by atoms with Gasteiger partial charge in [0.15, 0.2) is 5.65 Å². The SMILES string of the molecule is Nn1cnc2c(Cc3ccco3)ncnc21. The Labute approximate surface area is 90.7 Å². The summed E-state index contributed by atoms with van der Waals surface area (Å²) in [4.78, 5) is 12.4. The molecule has 0 aromatic carbocycles. The van der Waals surface area contributed by atoms with Crippen LogP contribution in [-0.2, 0) is 6.42 Å². The van der Waals surface area contributed by atoms with E-state index in [1.54, 1.807) is 6.26 Å². The van der Waals surface area contributed by atoms with Gasteiger partial charge in [-0.1, -0.05) is 0 Å². The molecule has 0 aliphatic rings. The first kappa shape index (κ1) is 8.90. The standard InChI is InChI=1S/C10H9N5O/c11-15-6-14-9-8(12-5-13-10(9)15)4-7-2-1-3-16-7/h1-3,5-6H,4,11H2. The van der Waals surface area contributed by atoms with Gasteiger partial charge < -0.3 is 10.3 Å². The van der Waals surface area contributed by atoms with Crippen molar-refractivity contribution in [1.29, 1.82) is 0 Å². The molecule has 3 rings (SSSR count). The molecule has 0 radical (unpaired) electrons. The lowest BCUT2D eigenvalue weighted by molar-refractivity contribution is 0.519. The molecule has 80 valence electrons. The van der Waals surface area contributed by atoms with Crippen molar-refractivity contribution in [3.63, 3.8) is 0 Å². The van der Waals surface area contributed by atoms with Gasteiger partial charge in [-0.3, -0.25) is 0 Å². The Morgan fingerprint density at radius 1 is 1.31 bits per heavy atom. The molecule has 6 nitrogen and oxygen atoms in total. The maximum absolute atomic E-state index is 5.66. The lowest BCUT2D eigenvalue weighted by Gasteiger charge is -1.98. The minimum atomic E-state index is 0.586. The molecule has 3 heterocycles. The fraction of sp³-hybridized carbons (Fsp3) is 0.100. The zero-order valence-electron chi connectivity index (χ0n) is 8.37. The number of nitrogens with two attached hydrogens (primary N) is 1. The first-order chi connectivity index (χ1) is 7.84. The van der Waals surface area contributed by atoms with Crippen LogP contribution in [0, 0.1) is 0 Å². The highest BCUT2D eigenvalue weighted by Crippen LogP contribution is 2.15. The van der Waals surface area contributed by atoms with E-state index in [1.807, 2.05) is 12.1 Å². The predicted molar refractivity (Wildman–Crippen MR) is 57.0 cm³/mol. The van der Waals surface area contributed by atoms with Crippen molar-refractivity contribution in [3.8, 4) is 0 Å². The van der Waals surface area contributed by atoms with E-state index in [1.165, 1.54) is 17.3 Å². The lowest BCUT2D eigenvalue weighted by Crippen LogP contribution is -2.07. The number of aromatic nitrogens is 4. The Morgan fingerprint density at radius 2 is 2.25 bits per heavy atom. The topological polar surface area (TPSA) is 82.8 Å². The Bertz CT molecular complexity index is 613. The quantitative estimate of drug-likeness (QED) is 0.637. The van der Waals surface area contributed by atoms with Crippen molar-refractivity contribution >= 4 is 11.2 Å². The summed E-state index contributed by atoms with van der Waals surface area (Å²) in [5.41, 5.74) is 2.14. The molecule has 16 heavy (non-hydrogen) atoms. The van der Waals surface area contributed by atoms with E-state index in [0.717, 1.165) is 11.5 Å². The average Bonchev–Trinajstić information content (AvgIpc) is 2.90. The summed E-state index contributed by atoms with van der Waals surface area (Å²) in [6.45, 7) is 0. The smallest absolute Gasteiger partial charge is 0.181 e. The average molecular weight is 215 g/mol. The molecule has 0 fully saturated rings. The Kier molecular flexibility index (Phi) is 1.86.